The van der Waals surface area contributed by atoms with E-state index < -0.39 is 0 Å². The summed E-state index contributed by atoms with van der Waals surface area (Å²) in [5.41, 5.74) is 0.653. The van der Waals surface area contributed by atoms with Gasteiger partial charge in [-0.15, -0.1) is 0 Å². The number of aromatic nitrogens is 1. The fraction of sp³-hybridized carbons (Fsp3) is 0.368. The van der Waals surface area contributed by atoms with Crippen LogP contribution >= 0.6 is 0 Å². The summed E-state index contributed by atoms with van der Waals surface area (Å²) in [7, 11) is 0. The zero-order chi connectivity index (χ0) is 19.2. The molecule has 142 valence electrons. The summed E-state index contributed by atoms with van der Waals surface area (Å²) in [6, 6.07) is 10.7. The van der Waals surface area contributed by atoms with Crippen molar-refractivity contribution in [3.8, 4) is 0 Å². The molecule has 0 atom stereocenters. The SMILES string of the molecule is Cc1cc(NC(=O)CNC(=O)C2CCN(C(=O)c3ccccc3)CC2)no1. The molecule has 2 N–H and O–H groups in total. The Morgan fingerprint density at radius 1 is 1.19 bits per heavy atom. The van der Waals surface area contributed by atoms with Crippen molar-refractivity contribution in [1.82, 2.24) is 15.4 Å². The highest BCUT2D eigenvalue weighted by molar-refractivity contribution is 5.95. The fourth-order valence-corrected chi connectivity index (χ4v) is 3.03. The van der Waals surface area contributed by atoms with Crippen LogP contribution in [0.2, 0.25) is 0 Å². The third kappa shape index (κ3) is 4.93. The average molecular weight is 370 g/mol. The summed E-state index contributed by atoms with van der Waals surface area (Å²) in [5.74, 6) is 0.149. The van der Waals surface area contributed by atoms with Gasteiger partial charge in [-0.1, -0.05) is 23.4 Å². The first-order valence-electron chi connectivity index (χ1n) is 8.88. The molecule has 8 heteroatoms. The second-order valence-corrected chi connectivity index (χ2v) is 6.52. The van der Waals surface area contributed by atoms with E-state index in [0.717, 1.165) is 0 Å². The molecule has 3 amide bonds. The number of nitrogens with one attached hydrogen (secondary N) is 2. The highest BCUT2D eigenvalue weighted by Crippen LogP contribution is 2.19. The van der Waals surface area contributed by atoms with Crippen LogP contribution in [0.15, 0.2) is 40.9 Å². The van der Waals surface area contributed by atoms with E-state index in [0.29, 0.717) is 43.1 Å². The molecule has 1 saturated heterocycles. The average Bonchev–Trinajstić information content (AvgIpc) is 3.11. The van der Waals surface area contributed by atoms with Crippen LogP contribution in [0.5, 0.6) is 0 Å². The quantitative estimate of drug-likeness (QED) is 0.832. The number of nitrogens with zero attached hydrogens (tertiary/aromatic N) is 2. The maximum Gasteiger partial charge on any atom is 0.253 e. The second kappa shape index (κ2) is 8.48. The van der Waals surface area contributed by atoms with Crippen LogP contribution in [0.3, 0.4) is 0 Å². The van der Waals surface area contributed by atoms with Crippen LogP contribution in [0.25, 0.3) is 0 Å². The Bertz CT molecular complexity index is 810. The highest BCUT2D eigenvalue weighted by Gasteiger charge is 2.27. The Kier molecular flexibility index (Phi) is 5.85. The van der Waals surface area contributed by atoms with Gasteiger partial charge in [0.05, 0.1) is 6.54 Å². The summed E-state index contributed by atoms with van der Waals surface area (Å²) in [4.78, 5) is 38.3. The van der Waals surface area contributed by atoms with Gasteiger partial charge in [0, 0.05) is 30.6 Å². The monoisotopic (exact) mass is 370 g/mol. The number of amides is 3. The molecule has 1 aliphatic heterocycles. The first kappa shape index (κ1) is 18.6. The van der Waals surface area contributed by atoms with Gasteiger partial charge in [-0.3, -0.25) is 14.4 Å². The van der Waals surface area contributed by atoms with Gasteiger partial charge in [0.1, 0.15) is 5.76 Å². The maximum absolute atomic E-state index is 12.4. The molecule has 1 aromatic heterocycles. The molecule has 1 fully saturated rings. The minimum atomic E-state index is -0.367. The smallest absolute Gasteiger partial charge is 0.253 e. The van der Waals surface area contributed by atoms with Crippen LogP contribution in [0.1, 0.15) is 29.0 Å². The van der Waals surface area contributed by atoms with Crippen LogP contribution in [-0.4, -0.2) is 47.4 Å². The Hall–Kier alpha value is -3.16. The van der Waals surface area contributed by atoms with Crippen LogP contribution in [0.4, 0.5) is 5.82 Å². The number of benzene rings is 1. The summed E-state index contributed by atoms with van der Waals surface area (Å²) >= 11 is 0. The molecule has 0 unspecified atom stereocenters. The van der Waals surface area contributed by atoms with Crippen molar-refractivity contribution in [2.24, 2.45) is 5.92 Å². The van der Waals surface area contributed by atoms with Gasteiger partial charge in [-0.25, -0.2) is 0 Å². The third-order valence-electron chi connectivity index (χ3n) is 4.49. The number of aryl methyl sites for hydroxylation is 1. The summed E-state index contributed by atoms with van der Waals surface area (Å²) in [6.07, 6.45) is 1.16. The molecule has 3 rings (SSSR count). The van der Waals surface area contributed by atoms with Gasteiger partial charge in [0.15, 0.2) is 5.82 Å². The lowest BCUT2D eigenvalue weighted by atomic mass is 9.95. The van der Waals surface area contributed by atoms with Crippen molar-refractivity contribution < 1.29 is 18.9 Å². The molecule has 0 spiro atoms. The highest BCUT2D eigenvalue weighted by atomic mass is 16.5. The molecule has 1 aliphatic rings. The molecule has 0 bridgehead atoms. The van der Waals surface area contributed by atoms with Crippen LogP contribution < -0.4 is 10.6 Å². The van der Waals surface area contributed by atoms with Crippen molar-refractivity contribution in [1.29, 1.82) is 0 Å². The second-order valence-electron chi connectivity index (χ2n) is 6.52. The molecule has 1 aromatic carbocycles. The number of rotatable bonds is 5. The molecule has 27 heavy (non-hydrogen) atoms. The maximum atomic E-state index is 12.4. The molecular formula is C19H22N4O4. The van der Waals surface area contributed by atoms with E-state index in [9.17, 15) is 14.4 Å². The zero-order valence-corrected chi connectivity index (χ0v) is 15.1. The molecule has 0 radical (unpaired) electrons. The Morgan fingerprint density at radius 2 is 1.89 bits per heavy atom. The van der Waals surface area contributed by atoms with Gasteiger partial charge in [0.2, 0.25) is 11.8 Å². The summed E-state index contributed by atoms with van der Waals surface area (Å²) < 4.78 is 4.86. The Morgan fingerprint density at radius 3 is 2.52 bits per heavy atom. The van der Waals surface area contributed by atoms with Crippen molar-refractivity contribution in [2.45, 2.75) is 19.8 Å². The Labute approximate surface area is 156 Å². The van der Waals surface area contributed by atoms with Crippen molar-refractivity contribution in [3.05, 3.63) is 47.7 Å². The number of carbonyl (C=O) groups excluding carboxylic acids is 3. The molecule has 2 heterocycles. The van der Waals surface area contributed by atoms with Gasteiger partial charge >= 0.3 is 0 Å². The molecule has 2 aromatic rings. The molecule has 0 saturated carbocycles. The molecular weight excluding hydrogens is 348 g/mol. The van der Waals surface area contributed by atoms with Crippen LogP contribution in [-0.2, 0) is 9.59 Å². The predicted octanol–water partition coefficient (Wildman–Crippen LogP) is 1.59. The minimum absolute atomic E-state index is 0.0169. The van der Waals surface area contributed by atoms with E-state index in [1.807, 2.05) is 18.2 Å². The van der Waals surface area contributed by atoms with Crippen LogP contribution in [0, 0.1) is 12.8 Å². The molecule has 0 aliphatic carbocycles. The lowest BCUT2D eigenvalue weighted by Crippen LogP contribution is -2.44. The van der Waals surface area contributed by atoms with Gasteiger partial charge < -0.3 is 20.1 Å². The normalized spacial score (nSPS) is 14.6. The number of anilines is 1. The van der Waals surface area contributed by atoms with Crippen molar-refractivity contribution in [2.75, 3.05) is 25.0 Å². The fourth-order valence-electron chi connectivity index (χ4n) is 3.03. The number of likely N-dealkylation sites (tertiary alicyclic amines) is 1. The third-order valence-corrected chi connectivity index (χ3v) is 4.49. The van der Waals surface area contributed by atoms with E-state index >= 15 is 0 Å². The lowest BCUT2D eigenvalue weighted by molar-refractivity contribution is -0.128. The number of carbonyl (C=O) groups is 3. The number of hydrogen-bond donors (Lipinski definition) is 2. The predicted molar refractivity (Wildman–Crippen MR) is 97.9 cm³/mol. The van der Waals surface area contributed by atoms with E-state index in [-0.39, 0.29) is 30.2 Å². The standard InChI is InChI=1S/C19H22N4O4/c1-13-11-16(22-27-13)21-17(24)12-20-18(25)14-7-9-23(10-8-14)19(26)15-5-3-2-4-6-15/h2-6,11,14H,7-10,12H2,1H3,(H,20,25)(H,21,22,24). The van der Waals surface area contributed by atoms with Gasteiger partial charge in [0.25, 0.3) is 5.91 Å². The van der Waals surface area contributed by atoms with Gasteiger partial charge in [-0.2, -0.15) is 0 Å². The zero-order valence-electron chi connectivity index (χ0n) is 15.1. The minimum Gasteiger partial charge on any atom is -0.360 e. The van der Waals surface area contributed by atoms with E-state index in [1.54, 1.807) is 30.0 Å². The van der Waals surface area contributed by atoms with Crippen molar-refractivity contribution >= 4 is 23.5 Å². The Balaban J connectivity index is 1.42. The largest absolute Gasteiger partial charge is 0.360 e. The summed E-state index contributed by atoms with van der Waals surface area (Å²) in [6.45, 7) is 2.64. The first-order valence-corrected chi connectivity index (χ1v) is 8.88. The number of hydrogen-bond acceptors (Lipinski definition) is 5. The lowest BCUT2D eigenvalue weighted by Gasteiger charge is -2.31. The van der Waals surface area contributed by atoms with Crippen molar-refractivity contribution in [3.63, 3.8) is 0 Å². The van der Waals surface area contributed by atoms with Gasteiger partial charge in [-0.05, 0) is 31.9 Å². The number of piperidine rings is 1. The van der Waals surface area contributed by atoms with E-state index in [1.165, 1.54) is 0 Å². The molecule has 8 nitrogen and oxygen atoms in total. The van der Waals surface area contributed by atoms with E-state index in [2.05, 4.69) is 15.8 Å². The first-order chi connectivity index (χ1) is 13.0. The summed E-state index contributed by atoms with van der Waals surface area (Å²) in [5, 5.41) is 8.86. The topological polar surface area (TPSA) is 105 Å². The van der Waals surface area contributed by atoms with E-state index in [4.69, 9.17) is 4.52 Å².